The van der Waals surface area contributed by atoms with Crippen LogP contribution < -0.4 is 9.62 Å². The molecule has 1 saturated heterocycles. The maximum atomic E-state index is 13.5. The van der Waals surface area contributed by atoms with Gasteiger partial charge in [-0.3, -0.25) is 14.0 Å². The van der Waals surface area contributed by atoms with E-state index in [1.165, 1.54) is 37.1 Å². The molecule has 6 nitrogen and oxygen atoms in total. The van der Waals surface area contributed by atoms with Crippen molar-refractivity contribution in [2.75, 3.05) is 23.9 Å². The van der Waals surface area contributed by atoms with Crippen molar-refractivity contribution in [1.29, 1.82) is 0 Å². The summed E-state index contributed by atoms with van der Waals surface area (Å²) in [6.07, 6.45) is -2.40. The largest absolute Gasteiger partial charge is 0.417 e. The van der Waals surface area contributed by atoms with Crippen LogP contribution in [0.15, 0.2) is 77.7 Å². The summed E-state index contributed by atoms with van der Waals surface area (Å²) in [6.45, 7) is 2.44. The van der Waals surface area contributed by atoms with Crippen molar-refractivity contribution in [3.63, 3.8) is 0 Å². The predicted octanol–water partition coefficient (Wildman–Crippen LogP) is 5.47. The van der Waals surface area contributed by atoms with Gasteiger partial charge in [0.2, 0.25) is 5.91 Å². The number of anilines is 1. The summed E-state index contributed by atoms with van der Waals surface area (Å²) in [7, 11) is -4.37. The van der Waals surface area contributed by atoms with Gasteiger partial charge in [-0.05, 0) is 67.4 Å². The molecule has 4 rings (SSSR count). The fourth-order valence-corrected chi connectivity index (χ4v) is 5.93. The third-order valence-electron chi connectivity index (χ3n) is 6.28. The van der Waals surface area contributed by atoms with Crippen LogP contribution in [0.5, 0.6) is 0 Å². The van der Waals surface area contributed by atoms with Gasteiger partial charge in [0.05, 0.1) is 21.2 Å². The second-order valence-corrected chi connectivity index (χ2v) is 11.3. The molecule has 0 bridgehead atoms. The molecule has 38 heavy (non-hydrogen) atoms. The number of carbonyl (C=O) groups excluding carboxylic acids is 1. The lowest BCUT2D eigenvalue weighted by molar-refractivity contribution is -0.137. The molecule has 0 saturated carbocycles. The van der Waals surface area contributed by atoms with E-state index in [0.29, 0.717) is 10.4 Å². The molecule has 3 aromatic carbocycles. The number of likely N-dealkylation sites (tertiary alicyclic amines) is 1. The van der Waals surface area contributed by atoms with Gasteiger partial charge < -0.3 is 5.32 Å². The lowest BCUT2D eigenvalue weighted by Crippen LogP contribution is -2.40. The minimum absolute atomic E-state index is 0.135. The number of carbonyl (C=O) groups is 1. The van der Waals surface area contributed by atoms with Gasteiger partial charge in [0.1, 0.15) is 6.54 Å². The Morgan fingerprint density at radius 1 is 0.947 bits per heavy atom. The molecule has 0 unspecified atom stereocenters. The monoisotopic (exact) mass is 565 g/mol. The zero-order valence-electron chi connectivity index (χ0n) is 20.4. The predicted molar refractivity (Wildman–Crippen MR) is 140 cm³/mol. The summed E-state index contributed by atoms with van der Waals surface area (Å²) in [4.78, 5) is 15.1. The number of hydrogen-bond donors (Lipinski definition) is 1. The summed E-state index contributed by atoms with van der Waals surface area (Å²) >= 11 is 5.73. The number of rotatable bonds is 9. The summed E-state index contributed by atoms with van der Waals surface area (Å²) in [5.74, 6) is -0.672. The maximum Gasteiger partial charge on any atom is 0.417 e. The van der Waals surface area contributed by atoms with Crippen molar-refractivity contribution in [1.82, 2.24) is 10.2 Å². The molecule has 1 amide bonds. The Balaban J connectivity index is 1.51. The maximum absolute atomic E-state index is 13.5. The van der Waals surface area contributed by atoms with E-state index in [9.17, 15) is 26.4 Å². The molecule has 1 aliphatic heterocycles. The number of nitrogens with zero attached hydrogens (tertiary/aromatic N) is 2. The minimum Gasteiger partial charge on any atom is -0.350 e. The number of nitrogens with one attached hydrogen (secondary N) is 1. The lowest BCUT2D eigenvalue weighted by Gasteiger charge is -2.25. The van der Waals surface area contributed by atoms with Gasteiger partial charge in [0.25, 0.3) is 10.0 Å². The molecule has 0 atom stereocenters. The molecule has 1 aliphatic rings. The molecule has 0 aromatic heterocycles. The first-order valence-corrected chi connectivity index (χ1v) is 13.9. The van der Waals surface area contributed by atoms with Crippen LogP contribution in [0.4, 0.5) is 18.9 Å². The molecular formula is C27H27ClF3N3O3S. The number of alkyl halides is 3. The van der Waals surface area contributed by atoms with Gasteiger partial charge in [0, 0.05) is 13.1 Å². The first-order chi connectivity index (χ1) is 18.0. The SMILES string of the molecule is O=C(CN(c1ccc(Cl)c(C(F)(F)F)c1)S(=O)(=O)c1ccccc1)NCc1ccc(CN2CCCC2)cc1. The zero-order valence-corrected chi connectivity index (χ0v) is 22.0. The quantitative estimate of drug-likeness (QED) is 0.374. The third-order valence-corrected chi connectivity index (χ3v) is 8.40. The van der Waals surface area contributed by atoms with Crippen LogP contribution in [-0.4, -0.2) is 38.9 Å². The van der Waals surface area contributed by atoms with Crippen molar-refractivity contribution < 1.29 is 26.4 Å². The molecule has 3 aromatic rings. The topological polar surface area (TPSA) is 69.7 Å². The van der Waals surface area contributed by atoms with Gasteiger partial charge in [-0.25, -0.2) is 8.42 Å². The van der Waals surface area contributed by atoms with Crippen molar-refractivity contribution >= 4 is 33.2 Å². The summed E-state index contributed by atoms with van der Waals surface area (Å²) in [6, 6.07) is 17.7. The smallest absolute Gasteiger partial charge is 0.350 e. The van der Waals surface area contributed by atoms with Gasteiger partial charge in [-0.1, -0.05) is 54.1 Å². The fraction of sp³-hybridized carbons (Fsp3) is 0.296. The van der Waals surface area contributed by atoms with Crippen molar-refractivity contribution in [3.8, 4) is 0 Å². The highest BCUT2D eigenvalue weighted by Gasteiger charge is 2.35. The Bertz CT molecular complexity index is 1360. The van der Waals surface area contributed by atoms with Crippen LogP contribution in [0.25, 0.3) is 0 Å². The molecule has 0 aliphatic carbocycles. The zero-order chi connectivity index (χ0) is 27.3. The van der Waals surface area contributed by atoms with E-state index in [4.69, 9.17) is 11.6 Å². The first-order valence-electron chi connectivity index (χ1n) is 12.1. The van der Waals surface area contributed by atoms with Gasteiger partial charge in [0.15, 0.2) is 0 Å². The Kier molecular flexibility index (Phi) is 8.64. The molecular weight excluding hydrogens is 539 g/mol. The van der Waals surface area contributed by atoms with Gasteiger partial charge in [-0.2, -0.15) is 13.2 Å². The van der Waals surface area contributed by atoms with Crippen LogP contribution in [0.1, 0.15) is 29.5 Å². The van der Waals surface area contributed by atoms with Crippen LogP contribution in [0.3, 0.4) is 0 Å². The molecule has 0 spiro atoms. The van der Waals surface area contributed by atoms with Crippen molar-refractivity contribution in [2.24, 2.45) is 0 Å². The highest BCUT2D eigenvalue weighted by Crippen LogP contribution is 2.38. The first kappa shape index (κ1) is 27.9. The second-order valence-electron chi connectivity index (χ2n) is 9.06. The molecule has 11 heteroatoms. The second kappa shape index (κ2) is 11.8. The minimum atomic E-state index is -4.81. The van der Waals surface area contributed by atoms with Crippen molar-refractivity contribution in [2.45, 2.75) is 37.0 Å². The summed E-state index contributed by atoms with van der Waals surface area (Å²) in [5.41, 5.74) is 0.448. The van der Waals surface area contributed by atoms with Crippen LogP contribution >= 0.6 is 11.6 Å². The van der Waals surface area contributed by atoms with Gasteiger partial charge >= 0.3 is 6.18 Å². The van der Waals surface area contributed by atoms with E-state index in [2.05, 4.69) is 10.2 Å². The third kappa shape index (κ3) is 6.86. The van der Waals surface area contributed by atoms with Crippen LogP contribution in [0.2, 0.25) is 5.02 Å². The van der Waals surface area contributed by atoms with Crippen LogP contribution in [0, 0.1) is 0 Å². The standard InChI is InChI=1S/C27H27ClF3N3O3S/c28-25-13-12-22(16-24(25)27(29,30)31)34(38(36,37)23-6-2-1-3-7-23)19-26(35)32-17-20-8-10-21(11-9-20)18-33-14-4-5-15-33/h1-3,6-13,16H,4-5,14-15,17-19H2,(H,32,35). The molecule has 1 fully saturated rings. The Morgan fingerprint density at radius 3 is 2.21 bits per heavy atom. The number of halogens is 4. The molecule has 0 radical (unpaired) electrons. The van der Waals surface area contributed by atoms with E-state index in [1.807, 2.05) is 24.3 Å². The molecule has 202 valence electrons. The van der Waals surface area contributed by atoms with E-state index >= 15 is 0 Å². The highest BCUT2D eigenvalue weighted by molar-refractivity contribution is 7.92. The summed E-state index contributed by atoms with van der Waals surface area (Å²) < 4.78 is 67.9. The number of sulfonamides is 1. The fourth-order valence-electron chi connectivity index (χ4n) is 4.27. The van der Waals surface area contributed by atoms with E-state index in [0.717, 1.165) is 42.9 Å². The number of benzene rings is 3. The lowest BCUT2D eigenvalue weighted by atomic mass is 10.1. The Hall–Kier alpha value is -3.08. The molecule has 1 N–H and O–H groups in total. The summed E-state index contributed by atoms with van der Waals surface area (Å²) in [5, 5.41) is 2.09. The Labute approximate surface area is 225 Å². The van der Waals surface area contributed by atoms with Gasteiger partial charge in [-0.15, -0.1) is 0 Å². The highest BCUT2D eigenvalue weighted by atomic mass is 35.5. The average Bonchev–Trinajstić information content (AvgIpc) is 3.40. The van der Waals surface area contributed by atoms with Crippen molar-refractivity contribution in [3.05, 3.63) is 94.5 Å². The molecule has 1 heterocycles. The van der Waals surface area contributed by atoms with Crippen LogP contribution in [-0.2, 0) is 34.1 Å². The van der Waals surface area contributed by atoms with E-state index in [-0.39, 0.29) is 17.1 Å². The Morgan fingerprint density at radius 2 is 1.58 bits per heavy atom. The number of amides is 1. The van der Waals surface area contributed by atoms with E-state index in [1.54, 1.807) is 6.07 Å². The average molecular weight is 566 g/mol. The number of hydrogen-bond acceptors (Lipinski definition) is 4. The van der Waals surface area contributed by atoms with E-state index < -0.39 is 39.2 Å². The normalized spacial score (nSPS) is 14.4.